The predicted octanol–water partition coefficient (Wildman–Crippen LogP) is 2.23. The Morgan fingerprint density at radius 3 is 3.00 bits per heavy atom. The SMILES string of the molecule is C/C=C/C=C\CC[C@@H]1NCC[C@H](Cl)[C@H]1O. The first kappa shape index (κ1) is 12.8. The van der Waals surface area contributed by atoms with Crippen LogP contribution in [0.1, 0.15) is 26.2 Å². The number of piperidine rings is 1. The summed E-state index contributed by atoms with van der Waals surface area (Å²) in [6.45, 7) is 2.91. The van der Waals surface area contributed by atoms with Crippen LogP contribution >= 0.6 is 11.6 Å². The predicted molar refractivity (Wildman–Crippen MR) is 65.2 cm³/mol. The van der Waals surface area contributed by atoms with Crippen molar-refractivity contribution in [2.45, 2.75) is 43.7 Å². The zero-order valence-electron chi connectivity index (χ0n) is 9.20. The summed E-state index contributed by atoms with van der Waals surface area (Å²) in [5.41, 5.74) is 0. The molecule has 86 valence electrons. The van der Waals surface area contributed by atoms with Crippen molar-refractivity contribution in [3.05, 3.63) is 24.3 Å². The van der Waals surface area contributed by atoms with Crippen LogP contribution in [-0.2, 0) is 0 Å². The van der Waals surface area contributed by atoms with Gasteiger partial charge in [0.25, 0.3) is 0 Å². The molecule has 0 aliphatic carbocycles. The molecule has 1 aliphatic rings. The summed E-state index contributed by atoms with van der Waals surface area (Å²) >= 11 is 6.01. The number of allylic oxidation sites excluding steroid dienone is 4. The molecule has 2 N–H and O–H groups in total. The Bertz CT molecular complexity index is 228. The summed E-state index contributed by atoms with van der Waals surface area (Å²) < 4.78 is 0. The molecule has 0 unspecified atom stereocenters. The van der Waals surface area contributed by atoms with Crippen molar-refractivity contribution in [2.75, 3.05) is 6.54 Å². The van der Waals surface area contributed by atoms with Crippen molar-refractivity contribution in [3.63, 3.8) is 0 Å². The van der Waals surface area contributed by atoms with Crippen LogP contribution in [0.25, 0.3) is 0 Å². The maximum atomic E-state index is 9.81. The van der Waals surface area contributed by atoms with Gasteiger partial charge in [-0.1, -0.05) is 24.3 Å². The smallest absolute Gasteiger partial charge is 0.0856 e. The van der Waals surface area contributed by atoms with E-state index in [1.54, 1.807) is 0 Å². The molecule has 0 spiro atoms. The normalized spacial score (nSPS) is 32.9. The quantitative estimate of drug-likeness (QED) is 0.573. The Morgan fingerprint density at radius 1 is 1.47 bits per heavy atom. The molecule has 0 aromatic heterocycles. The van der Waals surface area contributed by atoms with Gasteiger partial charge in [-0.2, -0.15) is 0 Å². The number of nitrogens with one attached hydrogen (secondary N) is 1. The maximum absolute atomic E-state index is 9.81. The fourth-order valence-corrected chi connectivity index (χ4v) is 2.07. The number of rotatable bonds is 4. The molecule has 0 bridgehead atoms. The van der Waals surface area contributed by atoms with Gasteiger partial charge < -0.3 is 10.4 Å². The zero-order valence-corrected chi connectivity index (χ0v) is 9.95. The highest BCUT2D eigenvalue weighted by molar-refractivity contribution is 6.21. The molecule has 0 amide bonds. The molecule has 1 rings (SSSR count). The van der Waals surface area contributed by atoms with Gasteiger partial charge in [-0.15, -0.1) is 11.6 Å². The van der Waals surface area contributed by atoms with Crippen LogP contribution in [0, 0.1) is 0 Å². The Morgan fingerprint density at radius 2 is 2.27 bits per heavy atom. The van der Waals surface area contributed by atoms with Gasteiger partial charge in [0.2, 0.25) is 0 Å². The van der Waals surface area contributed by atoms with Crippen LogP contribution in [0.3, 0.4) is 0 Å². The third-order valence-electron chi connectivity index (χ3n) is 2.69. The lowest BCUT2D eigenvalue weighted by atomic mass is 9.97. The van der Waals surface area contributed by atoms with Gasteiger partial charge in [0.15, 0.2) is 0 Å². The first-order chi connectivity index (χ1) is 7.25. The number of aliphatic hydroxyl groups excluding tert-OH is 1. The third kappa shape index (κ3) is 4.37. The second-order valence-corrected chi connectivity index (χ2v) is 4.45. The maximum Gasteiger partial charge on any atom is 0.0856 e. The molecule has 0 saturated carbocycles. The molecule has 3 atom stereocenters. The van der Waals surface area contributed by atoms with E-state index in [4.69, 9.17) is 11.6 Å². The van der Waals surface area contributed by atoms with Crippen LogP contribution in [0.2, 0.25) is 0 Å². The van der Waals surface area contributed by atoms with E-state index < -0.39 is 6.10 Å². The van der Waals surface area contributed by atoms with Crippen LogP contribution in [0.15, 0.2) is 24.3 Å². The van der Waals surface area contributed by atoms with Gasteiger partial charge in [-0.3, -0.25) is 0 Å². The molecule has 1 fully saturated rings. The molecule has 1 aliphatic heterocycles. The van der Waals surface area contributed by atoms with E-state index in [9.17, 15) is 5.11 Å². The Labute approximate surface area is 97.0 Å². The van der Waals surface area contributed by atoms with Crippen LogP contribution in [0.5, 0.6) is 0 Å². The molecule has 15 heavy (non-hydrogen) atoms. The van der Waals surface area contributed by atoms with Crippen molar-refractivity contribution < 1.29 is 5.11 Å². The second-order valence-electron chi connectivity index (χ2n) is 3.89. The van der Waals surface area contributed by atoms with E-state index in [1.807, 2.05) is 25.2 Å². The third-order valence-corrected chi connectivity index (χ3v) is 3.17. The van der Waals surface area contributed by atoms with Crippen molar-refractivity contribution in [1.29, 1.82) is 0 Å². The van der Waals surface area contributed by atoms with Crippen LogP contribution in [-0.4, -0.2) is 29.2 Å². The van der Waals surface area contributed by atoms with Gasteiger partial charge in [0.1, 0.15) is 0 Å². The van der Waals surface area contributed by atoms with E-state index in [1.165, 1.54) is 0 Å². The fraction of sp³-hybridized carbons (Fsp3) is 0.667. The van der Waals surface area contributed by atoms with Crippen molar-refractivity contribution >= 4 is 11.6 Å². The number of hydrogen-bond donors (Lipinski definition) is 2. The Kier molecular flexibility index (Phi) is 5.99. The molecular weight excluding hydrogens is 210 g/mol. The number of alkyl halides is 1. The highest BCUT2D eigenvalue weighted by Crippen LogP contribution is 2.18. The van der Waals surface area contributed by atoms with E-state index in [-0.39, 0.29) is 11.4 Å². The highest BCUT2D eigenvalue weighted by atomic mass is 35.5. The molecule has 0 aromatic carbocycles. The minimum atomic E-state index is -0.407. The van der Waals surface area contributed by atoms with Crippen molar-refractivity contribution in [2.24, 2.45) is 0 Å². The summed E-state index contributed by atoms with van der Waals surface area (Å²) in [6.07, 6.45) is 10.5. The molecular formula is C12H20ClNO. The Hall–Kier alpha value is -0.310. The van der Waals surface area contributed by atoms with Gasteiger partial charge in [0, 0.05) is 6.04 Å². The van der Waals surface area contributed by atoms with E-state index >= 15 is 0 Å². The summed E-state index contributed by atoms with van der Waals surface area (Å²) in [5.74, 6) is 0. The second kappa shape index (κ2) is 7.04. The van der Waals surface area contributed by atoms with Crippen LogP contribution < -0.4 is 5.32 Å². The summed E-state index contributed by atoms with van der Waals surface area (Å²) in [7, 11) is 0. The standard InChI is InChI=1S/C12H20ClNO/c1-2-3-4-5-6-7-11-12(15)10(13)8-9-14-11/h2-5,10-12,14-15H,6-9H2,1H3/b3-2+,5-4-/t10-,11-,12+/m0/s1. The Balaban J connectivity index is 2.25. The molecule has 0 aromatic rings. The minimum Gasteiger partial charge on any atom is -0.390 e. The lowest BCUT2D eigenvalue weighted by Crippen LogP contribution is -2.50. The van der Waals surface area contributed by atoms with Gasteiger partial charge in [-0.25, -0.2) is 0 Å². The number of hydrogen-bond acceptors (Lipinski definition) is 2. The van der Waals surface area contributed by atoms with Gasteiger partial charge in [0.05, 0.1) is 11.5 Å². The largest absolute Gasteiger partial charge is 0.390 e. The molecule has 1 saturated heterocycles. The monoisotopic (exact) mass is 229 g/mol. The van der Waals surface area contributed by atoms with Crippen LogP contribution in [0.4, 0.5) is 0 Å². The molecule has 0 radical (unpaired) electrons. The number of halogens is 1. The fourth-order valence-electron chi connectivity index (χ4n) is 1.78. The van der Waals surface area contributed by atoms with Gasteiger partial charge >= 0.3 is 0 Å². The highest BCUT2D eigenvalue weighted by Gasteiger charge is 2.29. The van der Waals surface area contributed by atoms with E-state index in [2.05, 4.69) is 11.4 Å². The average molecular weight is 230 g/mol. The molecule has 3 heteroatoms. The minimum absolute atomic E-state index is 0.0873. The van der Waals surface area contributed by atoms with E-state index in [0.717, 1.165) is 25.8 Å². The summed E-state index contributed by atoms with van der Waals surface area (Å²) in [6, 6.07) is 0.150. The van der Waals surface area contributed by atoms with Gasteiger partial charge in [-0.05, 0) is 32.7 Å². The van der Waals surface area contributed by atoms with Crippen molar-refractivity contribution in [1.82, 2.24) is 5.32 Å². The topological polar surface area (TPSA) is 32.3 Å². The lowest BCUT2D eigenvalue weighted by molar-refractivity contribution is 0.0968. The van der Waals surface area contributed by atoms with Crippen molar-refractivity contribution in [3.8, 4) is 0 Å². The lowest BCUT2D eigenvalue weighted by Gasteiger charge is -2.32. The first-order valence-electron chi connectivity index (χ1n) is 5.59. The first-order valence-corrected chi connectivity index (χ1v) is 6.02. The summed E-state index contributed by atoms with van der Waals surface area (Å²) in [5, 5.41) is 13.0. The zero-order chi connectivity index (χ0) is 11.1. The summed E-state index contributed by atoms with van der Waals surface area (Å²) in [4.78, 5) is 0. The van der Waals surface area contributed by atoms with E-state index in [0.29, 0.717) is 0 Å². The molecule has 2 nitrogen and oxygen atoms in total. The number of aliphatic hydroxyl groups is 1. The molecule has 1 heterocycles. The average Bonchev–Trinajstić information content (AvgIpc) is 2.24.